The zero-order valence-electron chi connectivity index (χ0n) is 8.71. The Bertz CT molecular complexity index is 126. The van der Waals surface area contributed by atoms with Crippen LogP contribution in [0.15, 0.2) is 0 Å². The first-order chi connectivity index (χ1) is 6.38. The molecule has 78 valence electrons. The zero-order valence-corrected chi connectivity index (χ0v) is 9.53. The van der Waals surface area contributed by atoms with Crippen LogP contribution >= 0.6 is 11.8 Å². The normalized spacial score (nSPS) is 24.9. The molecule has 1 heterocycles. The van der Waals surface area contributed by atoms with Crippen molar-refractivity contribution in [2.75, 3.05) is 26.0 Å². The van der Waals surface area contributed by atoms with Crippen LogP contribution in [0.25, 0.3) is 0 Å². The number of ether oxygens (including phenoxy) is 1. The summed E-state index contributed by atoms with van der Waals surface area (Å²) in [5, 5.41) is 4.35. The SMILES string of the molecule is CCCNC(COC)C1CCCS1. The Morgan fingerprint density at radius 3 is 3.00 bits per heavy atom. The second-order valence-corrected chi connectivity index (χ2v) is 4.91. The highest BCUT2D eigenvalue weighted by Crippen LogP contribution is 2.28. The predicted octanol–water partition coefficient (Wildman–Crippen LogP) is 1.90. The van der Waals surface area contributed by atoms with E-state index in [0.717, 1.165) is 18.4 Å². The van der Waals surface area contributed by atoms with Crippen LogP contribution in [-0.4, -0.2) is 37.3 Å². The van der Waals surface area contributed by atoms with E-state index in [0.29, 0.717) is 6.04 Å². The molecule has 13 heavy (non-hydrogen) atoms. The average Bonchev–Trinajstić information content (AvgIpc) is 2.65. The van der Waals surface area contributed by atoms with Crippen molar-refractivity contribution in [1.29, 1.82) is 0 Å². The van der Waals surface area contributed by atoms with Crippen LogP contribution in [-0.2, 0) is 4.74 Å². The highest BCUT2D eigenvalue weighted by Gasteiger charge is 2.24. The molecule has 1 rings (SSSR count). The Kier molecular flexibility index (Phi) is 5.83. The molecule has 1 fully saturated rings. The third-order valence-electron chi connectivity index (χ3n) is 2.42. The molecule has 1 N–H and O–H groups in total. The van der Waals surface area contributed by atoms with Crippen LogP contribution in [0.1, 0.15) is 26.2 Å². The Morgan fingerprint density at radius 2 is 2.46 bits per heavy atom. The van der Waals surface area contributed by atoms with Gasteiger partial charge in [0, 0.05) is 18.4 Å². The standard InChI is InChI=1S/C10H21NOS/c1-3-6-11-9(8-12-2)10-5-4-7-13-10/h9-11H,3-8H2,1-2H3. The summed E-state index contributed by atoms with van der Waals surface area (Å²) < 4.78 is 5.24. The summed E-state index contributed by atoms with van der Waals surface area (Å²) >= 11 is 2.10. The van der Waals surface area contributed by atoms with Gasteiger partial charge < -0.3 is 10.1 Å². The van der Waals surface area contributed by atoms with Crippen molar-refractivity contribution in [1.82, 2.24) is 5.32 Å². The number of rotatable bonds is 6. The van der Waals surface area contributed by atoms with E-state index < -0.39 is 0 Å². The lowest BCUT2D eigenvalue weighted by atomic mass is 10.1. The van der Waals surface area contributed by atoms with Crippen molar-refractivity contribution in [3.05, 3.63) is 0 Å². The van der Waals surface area contributed by atoms with Crippen molar-refractivity contribution >= 4 is 11.8 Å². The summed E-state index contributed by atoms with van der Waals surface area (Å²) in [6.07, 6.45) is 3.94. The van der Waals surface area contributed by atoms with E-state index in [1.54, 1.807) is 7.11 Å². The minimum Gasteiger partial charge on any atom is -0.383 e. The van der Waals surface area contributed by atoms with E-state index in [1.165, 1.54) is 25.0 Å². The summed E-state index contributed by atoms with van der Waals surface area (Å²) in [4.78, 5) is 0. The maximum atomic E-state index is 5.24. The van der Waals surface area contributed by atoms with Gasteiger partial charge in [0.05, 0.1) is 6.61 Å². The van der Waals surface area contributed by atoms with E-state index in [4.69, 9.17) is 4.74 Å². The first kappa shape index (κ1) is 11.3. The minimum absolute atomic E-state index is 0.567. The smallest absolute Gasteiger partial charge is 0.0626 e. The summed E-state index contributed by atoms with van der Waals surface area (Å²) in [5.74, 6) is 1.33. The molecule has 1 aliphatic rings. The second-order valence-electron chi connectivity index (χ2n) is 3.57. The quantitative estimate of drug-likeness (QED) is 0.712. The lowest BCUT2D eigenvalue weighted by molar-refractivity contribution is 0.164. The van der Waals surface area contributed by atoms with Gasteiger partial charge in [-0.3, -0.25) is 0 Å². The van der Waals surface area contributed by atoms with E-state index >= 15 is 0 Å². The van der Waals surface area contributed by atoms with Crippen LogP contribution in [0, 0.1) is 0 Å². The maximum Gasteiger partial charge on any atom is 0.0626 e. The molecule has 1 aliphatic heterocycles. The number of thioether (sulfide) groups is 1. The van der Waals surface area contributed by atoms with E-state index in [9.17, 15) is 0 Å². The highest BCUT2D eigenvalue weighted by molar-refractivity contribution is 8.00. The van der Waals surface area contributed by atoms with Crippen LogP contribution in [0.4, 0.5) is 0 Å². The van der Waals surface area contributed by atoms with Gasteiger partial charge in [0.15, 0.2) is 0 Å². The van der Waals surface area contributed by atoms with Crippen molar-refractivity contribution in [3.8, 4) is 0 Å². The summed E-state index contributed by atoms with van der Waals surface area (Å²) in [7, 11) is 1.79. The molecular weight excluding hydrogens is 182 g/mol. The van der Waals surface area contributed by atoms with Crippen molar-refractivity contribution in [3.63, 3.8) is 0 Å². The van der Waals surface area contributed by atoms with Crippen molar-refractivity contribution in [2.24, 2.45) is 0 Å². The van der Waals surface area contributed by atoms with Gasteiger partial charge in [0.2, 0.25) is 0 Å². The predicted molar refractivity (Wildman–Crippen MR) is 59.4 cm³/mol. The fourth-order valence-corrected chi connectivity index (χ4v) is 3.10. The number of nitrogens with one attached hydrogen (secondary N) is 1. The van der Waals surface area contributed by atoms with E-state index in [1.807, 2.05) is 0 Å². The molecule has 2 nitrogen and oxygen atoms in total. The first-order valence-electron chi connectivity index (χ1n) is 5.22. The summed E-state index contributed by atoms with van der Waals surface area (Å²) in [6.45, 7) is 4.18. The number of hydrogen-bond donors (Lipinski definition) is 1. The minimum atomic E-state index is 0.567. The van der Waals surface area contributed by atoms with Gasteiger partial charge in [-0.05, 0) is 31.6 Å². The summed E-state index contributed by atoms with van der Waals surface area (Å²) in [6, 6.07) is 0.567. The molecule has 0 bridgehead atoms. The first-order valence-corrected chi connectivity index (χ1v) is 6.27. The van der Waals surface area contributed by atoms with Crippen LogP contribution < -0.4 is 5.32 Å². The molecule has 0 amide bonds. The molecule has 0 aromatic heterocycles. The third kappa shape index (κ3) is 3.88. The van der Waals surface area contributed by atoms with Gasteiger partial charge in [0.1, 0.15) is 0 Å². The van der Waals surface area contributed by atoms with Crippen LogP contribution in [0.5, 0.6) is 0 Å². The Hall–Kier alpha value is 0.270. The topological polar surface area (TPSA) is 21.3 Å². The summed E-state index contributed by atoms with van der Waals surface area (Å²) in [5.41, 5.74) is 0. The van der Waals surface area contributed by atoms with Gasteiger partial charge in [-0.2, -0.15) is 11.8 Å². The molecule has 0 radical (unpaired) electrons. The molecule has 3 heteroatoms. The molecule has 2 unspecified atom stereocenters. The monoisotopic (exact) mass is 203 g/mol. The Labute approximate surface area is 85.8 Å². The lowest BCUT2D eigenvalue weighted by Gasteiger charge is -2.23. The van der Waals surface area contributed by atoms with Gasteiger partial charge in [-0.15, -0.1) is 0 Å². The van der Waals surface area contributed by atoms with Crippen LogP contribution in [0.2, 0.25) is 0 Å². The molecule has 0 aromatic rings. The molecule has 0 saturated carbocycles. The molecule has 2 atom stereocenters. The maximum absolute atomic E-state index is 5.24. The highest BCUT2D eigenvalue weighted by atomic mass is 32.2. The molecular formula is C10H21NOS. The van der Waals surface area contributed by atoms with Crippen molar-refractivity contribution < 1.29 is 4.74 Å². The van der Waals surface area contributed by atoms with E-state index in [2.05, 4.69) is 24.0 Å². The molecule has 0 aromatic carbocycles. The van der Waals surface area contributed by atoms with Gasteiger partial charge >= 0.3 is 0 Å². The van der Waals surface area contributed by atoms with Gasteiger partial charge in [0.25, 0.3) is 0 Å². The fourth-order valence-electron chi connectivity index (χ4n) is 1.73. The second kappa shape index (κ2) is 6.68. The van der Waals surface area contributed by atoms with E-state index in [-0.39, 0.29) is 0 Å². The number of hydrogen-bond acceptors (Lipinski definition) is 3. The third-order valence-corrected chi connectivity index (χ3v) is 3.93. The zero-order chi connectivity index (χ0) is 9.52. The number of methoxy groups -OCH3 is 1. The van der Waals surface area contributed by atoms with Crippen LogP contribution in [0.3, 0.4) is 0 Å². The molecule has 1 saturated heterocycles. The fraction of sp³-hybridized carbons (Fsp3) is 1.00. The Morgan fingerprint density at radius 1 is 1.62 bits per heavy atom. The largest absolute Gasteiger partial charge is 0.383 e. The average molecular weight is 203 g/mol. The van der Waals surface area contributed by atoms with Crippen molar-refractivity contribution in [2.45, 2.75) is 37.5 Å². The molecule has 0 spiro atoms. The lowest BCUT2D eigenvalue weighted by Crippen LogP contribution is -2.41. The van der Waals surface area contributed by atoms with Gasteiger partial charge in [-0.1, -0.05) is 6.92 Å². The van der Waals surface area contributed by atoms with Gasteiger partial charge in [-0.25, -0.2) is 0 Å². The Balaban J connectivity index is 2.26. The molecule has 0 aliphatic carbocycles.